The second-order valence-corrected chi connectivity index (χ2v) is 12.4. The summed E-state index contributed by atoms with van der Waals surface area (Å²) in [5, 5.41) is 0. The fourth-order valence-electron chi connectivity index (χ4n) is 2.90. The first-order valence-corrected chi connectivity index (χ1v) is 12.9. The van der Waals surface area contributed by atoms with Crippen molar-refractivity contribution in [1.29, 1.82) is 0 Å². The van der Waals surface area contributed by atoms with E-state index in [2.05, 4.69) is 43.9 Å². The molecule has 1 aliphatic rings. The van der Waals surface area contributed by atoms with Gasteiger partial charge in [0.2, 0.25) is 5.79 Å². The van der Waals surface area contributed by atoms with Gasteiger partial charge in [-0.05, 0) is 25.7 Å². The molecule has 3 nitrogen and oxygen atoms in total. The van der Waals surface area contributed by atoms with Crippen LogP contribution in [-0.2, 0) is 19.1 Å². The van der Waals surface area contributed by atoms with Crippen molar-refractivity contribution in [2.24, 2.45) is 0 Å². The summed E-state index contributed by atoms with van der Waals surface area (Å²) in [6.45, 7) is 7.16. The first kappa shape index (κ1) is 16.6. The van der Waals surface area contributed by atoms with Crippen molar-refractivity contribution in [3.8, 4) is 0 Å². The molecule has 1 saturated heterocycles. The Bertz CT molecular complexity index is 592. The summed E-state index contributed by atoms with van der Waals surface area (Å²) in [5.41, 5.74) is 2.03. The molecular formula is C18H23O3Si2. The Morgan fingerprint density at radius 3 is 1.96 bits per heavy atom. The molecule has 1 fully saturated rings. The number of hydrogen-bond acceptors (Lipinski definition) is 3. The van der Waals surface area contributed by atoms with Crippen LogP contribution in [0.15, 0.2) is 60.7 Å². The molecule has 0 spiro atoms. The Kier molecular flexibility index (Phi) is 4.84. The van der Waals surface area contributed by atoms with Crippen molar-refractivity contribution in [2.75, 3.05) is 6.61 Å². The third kappa shape index (κ3) is 3.64. The van der Waals surface area contributed by atoms with E-state index in [1.54, 1.807) is 0 Å². The molecule has 0 aromatic heterocycles. The lowest BCUT2D eigenvalue weighted by Crippen LogP contribution is -2.48. The van der Waals surface area contributed by atoms with Crippen LogP contribution in [0.5, 0.6) is 0 Å². The van der Waals surface area contributed by atoms with E-state index in [1.165, 1.54) is 0 Å². The summed E-state index contributed by atoms with van der Waals surface area (Å²) in [7, 11) is -3.13. The molecule has 1 radical (unpaired) electrons. The fraction of sp³-hybridized carbons (Fsp3) is 0.333. The topological polar surface area (TPSA) is 27.7 Å². The van der Waals surface area contributed by atoms with Gasteiger partial charge in [0.25, 0.3) is 0 Å². The van der Waals surface area contributed by atoms with Crippen LogP contribution in [0.25, 0.3) is 0 Å². The summed E-state index contributed by atoms with van der Waals surface area (Å²) in [5.74, 6) is -0.879. The minimum atomic E-state index is -1.71. The zero-order valence-corrected chi connectivity index (χ0v) is 15.9. The second kappa shape index (κ2) is 6.70. The lowest BCUT2D eigenvalue weighted by atomic mass is 9.97. The minimum absolute atomic E-state index is 0.637. The molecule has 0 N–H and O–H groups in total. The van der Waals surface area contributed by atoms with Crippen molar-refractivity contribution in [3.05, 3.63) is 71.8 Å². The maximum absolute atomic E-state index is 6.48. The third-order valence-corrected chi connectivity index (χ3v) is 9.37. The summed E-state index contributed by atoms with van der Waals surface area (Å²) in [6, 6.07) is 21.3. The highest BCUT2D eigenvalue weighted by Crippen LogP contribution is 2.38. The van der Waals surface area contributed by atoms with E-state index >= 15 is 0 Å². The number of benzene rings is 2. The van der Waals surface area contributed by atoms with Gasteiger partial charge in [0.1, 0.15) is 0 Å². The van der Waals surface area contributed by atoms with E-state index in [4.69, 9.17) is 13.3 Å². The van der Waals surface area contributed by atoms with E-state index < -0.39 is 23.4 Å². The van der Waals surface area contributed by atoms with E-state index in [1.807, 2.05) is 36.4 Å². The molecule has 23 heavy (non-hydrogen) atoms. The van der Waals surface area contributed by atoms with Crippen LogP contribution in [0.2, 0.25) is 25.7 Å². The lowest BCUT2D eigenvalue weighted by Gasteiger charge is -2.41. The number of rotatable bonds is 2. The van der Waals surface area contributed by atoms with Crippen LogP contribution in [0.3, 0.4) is 0 Å². The van der Waals surface area contributed by atoms with E-state index in [9.17, 15) is 0 Å². The van der Waals surface area contributed by atoms with Crippen LogP contribution >= 0.6 is 0 Å². The molecule has 3 rings (SSSR count). The smallest absolute Gasteiger partial charge is 0.372 e. The van der Waals surface area contributed by atoms with E-state index in [0.717, 1.165) is 17.2 Å². The average Bonchev–Trinajstić information content (AvgIpc) is 2.53. The van der Waals surface area contributed by atoms with Crippen LogP contribution < -0.4 is 0 Å². The van der Waals surface area contributed by atoms with Crippen LogP contribution in [-0.4, -0.2) is 24.2 Å². The Balaban J connectivity index is 2.06. The third-order valence-electron chi connectivity index (χ3n) is 4.02. The van der Waals surface area contributed by atoms with Gasteiger partial charge in [-0.1, -0.05) is 60.7 Å². The zero-order chi connectivity index (χ0) is 16.3. The molecule has 2 aromatic rings. The zero-order valence-electron chi connectivity index (χ0n) is 13.9. The van der Waals surface area contributed by atoms with Gasteiger partial charge in [0.15, 0.2) is 8.32 Å². The molecule has 1 aliphatic heterocycles. The van der Waals surface area contributed by atoms with Crippen LogP contribution in [0, 0.1) is 0 Å². The van der Waals surface area contributed by atoms with E-state index in [-0.39, 0.29) is 0 Å². The molecule has 5 heteroatoms. The SMILES string of the molecule is C[Si]1OC(c2ccccc2)(c2ccccc2)OCC[Si](C)(C)O1. The van der Waals surface area contributed by atoms with Crippen molar-refractivity contribution in [3.63, 3.8) is 0 Å². The summed E-state index contributed by atoms with van der Waals surface area (Å²) in [4.78, 5) is 0. The highest BCUT2D eigenvalue weighted by Gasteiger charge is 2.43. The molecule has 0 aliphatic carbocycles. The highest BCUT2D eigenvalue weighted by molar-refractivity contribution is 6.77. The maximum atomic E-state index is 6.48. The molecule has 0 saturated carbocycles. The summed E-state index contributed by atoms with van der Waals surface area (Å²) < 4.78 is 19.2. The Labute approximate surface area is 141 Å². The average molecular weight is 344 g/mol. The van der Waals surface area contributed by atoms with Crippen molar-refractivity contribution >= 4 is 17.6 Å². The molecular weight excluding hydrogens is 320 g/mol. The normalized spacial score (nSPS) is 21.3. The monoisotopic (exact) mass is 343 g/mol. The first-order valence-electron chi connectivity index (χ1n) is 7.98. The molecule has 121 valence electrons. The summed E-state index contributed by atoms with van der Waals surface area (Å²) >= 11 is 0. The fourth-order valence-corrected chi connectivity index (χ4v) is 7.88. The number of ether oxygens (including phenoxy) is 1. The van der Waals surface area contributed by atoms with Gasteiger partial charge in [-0.2, -0.15) is 0 Å². The van der Waals surface area contributed by atoms with Crippen molar-refractivity contribution in [2.45, 2.75) is 31.5 Å². The Morgan fingerprint density at radius 2 is 1.43 bits per heavy atom. The highest BCUT2D eigenvalue weighted by atomic mass is 28.4. The van der Waals surface area contributed by atoms with Gasteiger partial charge in [0, 0.05) is 11.1 Å². The first-order chi connectivity index (χ1) is 11.0. The molecule has 2 aromatic carbocycles. The Morgan fingerprint density at radius 1 is 0.913 bits per heavy atom. The summed E-state index contributed by atoms with van der Waals surface area (Å²) in [6.07, 6.45) is 0. The van der Waals surface area contributed by atoms with Crippen molar-refractivity contribution in [1.82, 2.24) is 0 Å². The van der Waals surface area contributed by atoms with Gasteiger partial charge in [0.05, 0.1) is 6.61 Å². The predicted octanol–water partition coefficient (Wildman–Crippen LogP) is 4.27. The molecule has 0 unspecified atom stereocenters. The van der Waals surface area contributed by atoms with Gasteiger partial charge < -0.3 is 13.3 Å². The quantitative estimate of drug-likeness (QED) is 0.762. The standard InChI is InChI=1S/C18H23O3Si2/c1-22-20-18(16-10-6-4-7-11-16,17-12-8-5-9-13-17)19-14-15-23(2,3)21-22/h4-13H,14-15H2,1-3H3. The molecule has 0 bridgehead atoms. The van der Waals surface area contributed by atoms with Crippen LogP contribution in [0.4, 0.5) is 0 Å². The van der Waals surface area contributed by atoms with Crippen LogP contribution in [0.1, 0.15) is 11.1 Å². The van der Waals surface area contributed by atoms with Crippen molar-refractivity contribution < 1.29 is 13.3 Å². The molecule has 1 heterocycles. The largest absolute Gasteiger partial charge is 0.435 e. The Hall–Kier alpha value is -1.25. The van der Waals surface area contributed by atoms with Gasteiger partial charge in [-0.3, -0.25) is 0 Å². The van der Waals surface area contributed by atoms with Gasteiger partial charge in [-0.15, -0.1) is 0 Å². The maximum Gasteiger partial charge on any atom is 0.372 e. The lowest BCUT2D eigenvalue weighted by molar-refractivity contribution is -0.169. The molecule has 0 atom stereocenters. The molecule has 0 amide bonds. The predicted molar refractivity (Wildman–Crippen MR) is 95.7 cm³/mol. The number of hydrogen-bond donors (Lipinski definition) is 0. The minimum Gasteiger partial charge on any atom is -0.435 e. The second-order valence-electron chi connectivity index (χ2n) is 6.40. The van der Waals surface area contributed by atoms with E-state index in [0.29, 0.717) is 6.61 Å². The van der Waals surface area contributed by atoms with Gasteiger partial charge >= 0.3 is 9.28 Å². The van der Waals surface area contributed by atoms with Gasteiger partial charge in [-0.25, -0.2) is 0 Å².